The van der Waals surface area contributed by atoms with Gasteiger partial charge in [-0.05, 0) is 12.5 Å². The fourth-order valence-corrected chi connectivity index (χ4v) is 1.18. The van der Waals surface area contributed by atoms with E-state index < -0.39 is 0 Å². The van der Waals surface area contributed by atoms with Gasteiger partial charge in [0.05, 0.1) is 11.8 Å². The second-order valence-corrected chi connectivity index (χ2v) is 3.30. The summed E-state index contributed by atoms with van der Waals surface area (Å²) >= 11 is 0. The molecule has 0 bridgehead atoms. The van der Waals surface area contributed by atoms with Crippen molar-refractivity contribution in [2.75, 3.05) is 19.6 Å². The predicted molar refractivity (Wildman–Crippen MR) is 54.4 cm³/mol. The third-order valence-corrected chi connectivity index (χ3v) is 2.14. The summed E-state index contributed by atoms with van der Waals surface area (Å²) in [5.41, 5.74) is 0.566. The molecular formula is C10H17FN2O. The number of hydrogen-bond donors (Lipinski definition) is 3. The first-order chi connectivity index (χ1) is 6.74. The maximum absolute atomic E-state index is 13.1. The van der Waals surface area contributed by atoms with Crippen LogP contribution in [-0.4, -0.2) is 30.8 Å². The molecule has 0 saturated heterocycles. The minimum Gasteiger partial charge on any atom is -0.392 e. The molecule has 0 spiro atoms. The third-order valence-electron chi connectivity index (χ3n) is 2.14. The van der Waals surface area contributed by atoms with E-state index in [2.05, 4.69) is 10.6 Å². The summed E-state index contributed by atoms with van der Waals surface area (Å²) < 4.78 is 13.1. The maximum atomic E-state index is 13.1. The lowest BCUT2D eigenvalue weighted by Crippen LogP contribution is -2.32. The van der Waals surface area contributed by atoms with Gasteiger partial charge in [0.15, 0.2) is 0 Å². The van der Waals surface area contributed by atoms with Crippen LogP contribution >= 0.6 is 0 Å². The van der Waals surface area contributed by atoms with Crippen molar-refractivity contribution < 1.29 is 9.50 Å². The molecule has 0 aromatic rings. The van der Waals surface area contributed by atoms with Crippen LogP contribution in [0.2, 0.25) is 0 Å². The molecule has 1 atom stereocenters. The van der Waals surface area contributed by atoms with Gasteiger partial charge in [0, 0.05) is 19.6 Å². The van der Waals surface area contributed by atoms with E-state index in [-0.39, 0.29) is 11.9 Å². The Morgan fingerprint density at radius 3 is 3.14 bits per heavy atom. The van der Waals surface area contributed by atoms with E-state index in [4.69, 9.17) is 0 Å². The summed E-state index contributed by atoms with van der Waals surface area (Å²) in [6.07, 6.45) is 3.56. The minimum atomic E-state index is -0.349. The van der Waals surface area contributed by atoms with Crippen LogP contribution in [0.4, 0.5) is 4.39 Å². The van der Waals surface area contributed by atoms with Gasteiger partial charge < -0.3 is 15.7 Å². The quantitative estimate of drug-likeness (QED) is 0.611. The van der Waals surface area contributed by atoms with Gasteiger partial charge >= 0.3 is 0 Å². The smallest absolute Gasteiger partial charge is 0.143 e. The molecule has 0 unspecified atom stereocenters. The molecule has 3 N–H and O–H groups in total. The molecular weight excluding hydrogens is 183 g/mol. The van der Waals surface area contributed by atoms with E-state index >= 15 is 0 Å². The van der Waals surface area contributed by atoms with Gasteiger partial charge in [-0.2, -0.15) is 0 Å². The summed E-state index contributed by atoms with van der Waals surface area (Å²) in [6.45, 7) is 3.51. The summed E-state index contributed by atoms with van der Waals surface area (Å²) in [7, 11) is 0. The molecule has 80 valence electrons. The van der Waals surface area contributed by atoms with Gasteiger partial charge in [-0.3, -0.25) is 0 Å². The van der Waals surface area contributed by atoms with Crippen molar-refractivity contribution in [3.8, 4) is 0 Å². The van der Waals surface area contributed by atoms with E-state index in [0.29, 0.717) is 31.8 Å². The SMILES string of the molecule is CC[C@@H](O)CNCC1=C(F)C=CCN1. The Labute approximate surface area is 83.7 Å². The number of halogens is 1. The highest BCUT2D eigenvalue weighted by molar-refractivity contribution is 5.23. The van der Waals surface area contributed by atoms with Crippen LogP contribution in [0.25, 0.3) is 0 Å². The lowest BCUT2D eigenvalue weighted by Gasteiger charge is -2.15. The zero-order valence-electron chi connectivity index (χ0n) is 8.39. The van der Waals surface area contributed by atoms with Crippen molar-refractivity contribution in [2.24, 2.45) is 0 Å². The molecule has 0 radical (unpaired) electrons. The second-order valence-electron chi connectivity index (χ2n) is 3.30. The van der Waals surface area contributed by atoms with Crippen LogP contribution in [0.1, 0.15) is 13.3 Å². The van der Waals surface area contributed by atoms with Crippen molar-refractivity contribution in [3.05, 3.63) is 23.7 Å². The molecule has 0 aromatic heterocycles. The monoisotopic (exact) mass is 200 g/mol. The zero-order valence-corrected chi connectivity index (χ0v) is 8.39. The predicted octanol–water partition coefficient (Wildman–Crippen LogP) is 0.687. The van der Waals surface area contributed by atoms with Gasteiger partial charge in [-0.15, -0.1) is 0 Å². The first-order valence-corrected chi connectivity index (χ1v) is 4.92. The minimum absolute atomic E-state index is 0.227. The third kappa shape index (κ3) is 3.47. The lowest BCUT2D eigenvalue weighted by molar-refractivity contribution is 0.168. The van der Waals surface area contributed by atoms with Crippen LogP contribution in [-0.2, 0) is 0 Å². The van der Waals surface area contributed by atoms with E-state index in [1.165, 1.54) is 6.08 Å². The van der Waals surface area contributed by atoms with Gasteiger partial charge in [0.25, 0.3) is 0 Å². The maximum Gasteiger partial charge on any atom is 0.143 e. The Morgan fingerprint density at radius 1 is 1.71 bits per heavy atom. The van der Waals surface area contributed by atoms with Crippen molar-refractivity contribution in [1.82, 2.24) is 10.6 Å². The van der Waals surface area contributed by atoms with Crippen molar-refractivity contribution in [3.63, 3.8) is 0 Å². The van der Waals surface area contributed by atoms with Gasteiger partial charge in [0.2, 0.25) is 0 Å². The molecule has 0 fully saturated rings. The van der Waals surface area contributed by atoms with E-state index in [1.54, 1.807) is 6.08 Å². The lowest BCUT2D eigenvalue weighted by atomic mass is 10.2. The Balaban J connectivity index is 2.27. The molecule has 1 heterocycles. The van der Waals surface area contributed by atoms with Crippen LogP contribution in [0.3, 0.4) is 0 Å². The fraction of sp³-hybridized carbons (Fsp3) is 0.600. The highest BCUT2D eigenvalue weighted by atomic mass is 19.1. The van der Waals surface area contributed by atoms with Crippen molar-refractivity contribution >= 4 is 0 Å². The highest BCUT2D eigenvalue weighted by Crippen LogP contribution is 2.07. The summed E-state index contributed by atoms with van der Waals surface area (Å²) in [5.74, 6) is -0.227. The molecule has 0 amide bonds. The topological polar surface area (TPSA) is 44.3 Å². The molecule has 1 aliphatic rings. The number of dihydropyridines is 1. The normalized spacial score (nSPS) is 18.2. The zero-order chi connectivity index (χ0) is 10.4. The van der Waals surface area contributed by atoms with Crippen LogP contribution < -0.4 is 10.6 Å². The van der Waals surface area contributed by atoms with Crippen LogP contribution in [0.15, 0.2) is 23.7 Å². The average Bonchev–Trinajstić information content (AvgIpc) is 2.20. The Morgan fingerprint density at radius 2 is 2.50 bits per heavy atom. The summed E-state index contributed by atoms with van der Waals surface area (Å²) in [5, 5.41) is 15.2. The average molecular weight is 200 g/mol. The van der Waals surface area contributed by atoms with Crippen molar-refractivity contribution in [1.29, 1.82) is 0 Å². The molecule has 1 rings (SSSR count). The molecule has 0 saturated carbocycles. The summed E-state index contributed by atoms with van der Waals surface area (Å²) in [6, 6.07) is 0. The standard InChI is InChI=1S/C10H17FN2O/c1-2-8(14)6-12-7-10-9(11)4-3-5-13-10/h3-4,8,12-14H,2,5-7H2,1H3/t8-/m1/s1. The number of allylic oxidation sites excluding steroid dienone is 2. The summed E-state index contributed by atoms with van der Waals surface area (Å²) in [4.78, 5) is 0. The number of nitrogens with one attached hydrogen (secondary N) is 2. The number of aliphatic hydroxyl groups is 1. The Bertz CT molecular complexity index is 238. The van der Waals surface area contributed by atoms with Crippen molar-refractivity contribution in [2.45, 2.75) is 19.4 Å². The molecule has 3 nitrogen and oxygen atoms in total. The second kappa shape index (κ2) is 5.78. The van der Waals surface area contributed by atoms with Gasteiger partial charge in [-0.1, -0.05) is 13.0 Å². The van der Waals surface area contributed by atoms with Crippen LogP contribution in [0.5, 0.6) is 0 Å². The molecule has 14 heavy (non-hydrogen) atoms. The highest BCUT2D eigenvalue weighted by Gasteiger charge is 2.07. The fourth-order valence-electron chi connectivity index (χ4n) is 1.18. The van der Waals surface area contributed by atoms with Crippen LogP contribution in [0, 0.1) is 0 Å². The van der Waals surface area contributed by atoms with Gasteiger partial charge in [-0.25, -0.2) is 4.39 Å². The van der Waals surface area contributed by atoms with E-state index in [9.17, 15) is 9.50 Å². The number of aliphatic hydroxyl groups excluding tert-OH is 1. The Kier molecular flexibility index (Phi) is 4.62. The van der Waals surface area contributed by atoms with Gasteiger partial charge in [0.1, 0.15) is 5.83 Å². The van der Waals surface area contributed by atoms with E-state index in [1.807, 2.05) is 6.92 Å². The van der Waals surface area contributed by atoms with E-state index in [0.717, 1.165) is 0 Å². The molecule has 4 heteroatoms. The largest absolute Gasteiger partial charge is 0.392 e. The number of hydrogen-bond acceptors (Lipinski definition) is 3. The molecule has 1 aliphatic heterocycles. The molecule has 0 aliphatic carbocycles. The number of rotatable bonds is 5. The first kappa shape index (κ1) is 11.2. The Hall–Kier alpha value is -0.870. The molecule has 0 aromatic carbocycles. The first-order valence-electron chi connectivity index (χ1n) is 4.92.